The number of Topliss-reactive ketones (excluding diaryl/α,β-unsaturated/α-hetero) is 1. The molecule has 0 atom stereocenters. The van der Waals surface area contributed by atoms with Gasteiger partial charge in [-0.3, -0.25) is 9.78 Å². The van der Waals surface area contributed by atoms with Gasteiger partial charge in [-0.1, -0.05) is 18.2 Å². The van der Waals surface area contributed by atoms with Crippen molar-refractivity contribution < 1.29 is 4.79 Å². The quantitative estimate of drug-likeness (QED) is 0.722. The first-order valence-electron chi connectivity index (χ1n) is 5.00. The molecule has 16 heavy (non-hydrogen) atoms. The summed E-state index contributed by atoms with van der Waals surface area (Å²) in [6.07, 6.45) is 1.66. The molecule has 3 heteroatoms. The van der Waals surface area contributed by atoms with Crippen molar-refractivity contribution in [2.75, 3.05) is 0 Å². The number of hydrogen-bond donors (Lipinski definition) is 0. The smallest absolute Gasteiger partial charge is 0.215 e. The van der Waals surface area contributed by atoms with Gasteiger partial charge in [-0.05, 0) is 24.3 Å². The Balaban J connectivity index is 2.13. The van der Waals surface area contributed by atoms with E-state index in [1.807, 2.05) is 30.3 Å². The van der Waals surface area contributed by atoms with Crippen LogP contribution in [0.2, 0.25) is 0 Å². The van der Waals surface area contributed by atoms with E-state index in [2.05, 4.69) is 9.98 Å². The highest BCUT2D eigenvalue weighted by molar-refractivity contribution is 6.54. The van der Waals surface area contributed by atoms with Gasteiger partial charge in [0.15, 0.2) is 0 Å². The Hall–Kier alpha value is -2.29. The molecule has 3 nitrogen and oxygen atoms in total. The lowest BCUT2D eigenvalue weighted by molar-refractivity contribution is 0.107. The maximum absolute atomic E-state index is 12.0. The minimum atomic E-state index is -0.0469. The molecule has 0 saturated carbocycles. The largest absolute Gasteiger partial charge is 0.287 e. The topological polar surface area (TPSA) is 42.3 Å². The molecule has 3 rings (SSSR count). The summed E-state index contributed by atoms with van der Waals surface area (Å²) in [5, 5.41) is 0. The van der Waals surface area contributed by atoms with Gasteiger partial charge < -0.3 is 0 Å². The van der Waals surface area contributed by atoms with E-state index in [1.165, 1.54) is 0 Å². The molecule has 0 aliphatic carbocycles. The van der Waals surface area contributed by atoms with E-state index in [0.717, 1.165) is 5.69 Å². The van der Waals surface area contributed by atoms with Crippen LogP contribution in [0.4, 0.5) is 5.69 Å². The summed E-state index contributed by atoms with van der Waals surface area (Å²) in [6.45, 7) is 0. The van der Waals surface area contributed by atoms with Crippen LogP contribution >= 0.6 is 0 Å². The number of carbonyl (C=O) groups excluding carboxylic acids is 1. The predicted octanol–water partition coefficient (Wildman–Crippen LogP) is 2.40. The number of hydrogen-bond acceptors (Lipinski definition) is 3. The highest BCUT2D eigenvalue weighted by atomic mass is 16.1. The minimum absolute atomic E-state index is 0.0469. The van der Waals surface area contributed by atoms with Gasteiger partial charge in [-0.2, -0.15) is 0 Å². The predicted molar refractivity (Wildman–Crippen MR) is 61.2 cm³/mol. The summed E-state index contributed by atoms with van der Waals surface area (Å²) in [5.74, 6) is -0.0469. The standard InChI is InChI=1S/C13H8N2O/c16-13-9-5-1-2-6-10(9)15-12(13)11-7-3-4-8-14-11/h1-8H. The van der Waals surface area contributed by atoms with Crippen LogP contribution in [-0.2, 0) is 0 Å². The van der Waals surface area contributed by atoms with Crippen molar-refractivity contribution in [3.8, 4) is 0 Å². The lowest BCUT2D eigenvalue weighted by Gasteiger charge is -1.96. The fraction of sp³-hybridized carbons (Fsp3) is 0. The molecule has 1 aliphatic heterocycles. The highest BCUT2D eigenvalue weighted by Gasteiger charge is 2.25. The van der Waals surface area contributed by atoms with E-state index in [9.17, 15) is 4.79 Å². The first-order valence-corrected chi connectivity index (χ1v) is 5.00. The Morgan fingerprint density at radius 3 is 2.50 bits per heavy atom. The molecule has 0 spiro atoms. The van der Waals surface area contributed by atoms with E-state index in [4.69, 9.17) is 0 Å². The summed E-state index contributed by atoms with van der Waals surface area (Å²) < 4.78 is 0. The Labute approximate surface area is 92.5 Å². The molecule has 2 heterocycles. The number of nitrogens with zero attached hydrogens (tertiary/aromatic N) is 2. The number of aromatic nitrogens is 1. The number of benzene rings is 1. The number of rotatable bonds is 1. The van der Waals surface area contributed by atoms with Gasteiger partial charge in [0.25, 0.3) is 0 Å². The van der Waals surface area contributed by atoms with E-state index < -0.39 is 0 Å². The van der Waals surface area contributed by atoms with Crippen LogP contribution in [0.1, 0.15) is 16.1 Å². The van der Waals surface area contributed by atoms with Crippen molar-refractivity contribution in [1.29, 1.82) is 0 Å². The highest BCUT2D eigenvalue weighted by Crippen LogP contribution is 2.27. The second kappa shape index (κ2) is 3.38. The first-order chi connectivity index (χ1) is 7.86. The van der Waals surface area contributed by atoms with E-state index in [-0.39, 0.29) is 5.78 Å². The second-order valence-electron chi connectivity index (χ2n) is 3.52. The third-order valence-electron chi connectivity index (χ3n) is 2.50. The van der Waals surface area contributed by atoms with E-state index in [0.29, 0.717) is 17.0 Å². The average molecular weight is 208 g/mol. The summed E-state index contributed by atoms with van der Waals surface area (Å²) in [4.78, 5) is 20.5. The van der Waals surface area contributed by atoms with Crippen LogP contribution in [0.3, 0.4) is 0 Å². The Morgan fingerprint density at radius 2 is 1.75 bits per heavy atom. The third kappa shape index (κ3) is 1.26. The summed E-state index contributed by atoms with van der Waals surface area (Å²) in [7, 11) is 0. The van der Waals surface area contributed by atoms with Crippen molar-refractivity contribution in [1.82, 2.24) is 4.98 Å². The van der Waals surface area contributed by atoms with Crippen LogP contribution in [-0.4, -0.2) is 16.5 Å². The number of aliphatic imine (C=N–C) groups is 1. The lowest BCUT2D eigenvalue weighted by atomic mass is 10.1. The fourth-order valence-electron chi connectivity index (χ4n) is 1.74. The first kappa shape index (κ1) is 8.97. The lowest BCUT2D eigenvalue weighted by Crippen LogP contribution is -2.12. The van der Waals surface area contributed by atoms with Crippen molar-refractivity contribution in [3.05, 3.63) is 59.9 Å². The van der Waals surface area contributed by atoms with Crippen molar-refractivity contribution in [2.45, 2.75) is 0 Å². The molecular formula is C13H8N2O. The summed E-state index contributed by atoms with van der Waals surface area (Å²) in [5.41, 5.74) is 2.45. The number of carbonyl (C=O) groups is 1. The molecule has 0 N–H and O–H groups in total. The van der Waals surface area contributed by atoms with Crippen LogP contribution in [0, 0.1) is 0 Å². The van der Waals surface area contributed by atoms with Gasteiger partial charge in [0.1, 0.15) is 5.71 Å². The molecule has 0 amide bonds. The molecule has 0 bridgehead atoms. The molecular weight excluding hydrogens is 200 g/mol. The Kier molecular flexibility index (Phi) is 1.90. The van der Waals surface area contributed by atoms with Crippen LogP contribution in [0.15, 0.2) is 53.7 Å². The normalized spacial score (nSPS) is 13.5. The maximum Gasteiger partial charge on any atom is 0.215 e. The number of pyridine rings is 1. The maximum atomic E-state index is 12.0. The van der Waals surface area contributed by atoms with Crippen molar-refractivity contribution in [3.63, 3.8) is 0 Å². The van der Waals surface area contributed by atoms with Gasteiger partial charge in [-0.15, -0.1) is 0 Å². The molecule has 2 aromatic rings. The van der Waals surface area contributed by atoms with Crippen LogP contribution in [0.25, 0.3) is 0 Å². The molecule has 76 valence electrons. The SMILES string of the molecule is O=C1C(c2ccccn2)=Nc2ccccc21. The molecule has 1 aromatic carbocycles. The summed E-state index contributed by atoms with van der Waals surface area (Å²) in [6, 6.07) is 12.8. The summed E-state index contributed by atoms with van der Waals surface area (Å²) >= 11 is 0. The van der Waals surface area contributed by atoms with Gasteiger partial charge >= 0.3 is 0 Å². The van der Waals surface area contributed by atoms with Gasteiger partial charge in [0, 0.05) is 11.8 Å². The average Bonchev–Trinajstić information content (AvgIpc) is 2.69. The molecule has 0 radical (unpaired) electrons. The van der Waals surface area contributed by atoms with Gasteiger partial charge in [0.05, 0.1) is 11.4 Å². The van der Waals surface area contributed by atoms with Crippen LogP contribution in [0.5, 0.6) is 0 Å². The van der Waals surface area contributed by atoms with Crippen molar-refractivity contribution >= 4 is 17.2 Å². The van der Waals surface area contributed by atoms with Gasteiger partial charge in [-0.25, -0.2) is 4.99 Å². The van der Waals surface area contributed by atoms with E-state index in [1.54, 1.807) is 18.3 Å². The zero-order chi connectivity index (χ0) is 11.0. The van der Waals surface area contributed by atoms with Gasteiger partial charge in [0.2, 0.25) is 5.78 Å². The molecule has 0 unspecified atom stereocenters. The monoisotopic (exact) mass is 208 g/mol. The zero-order valence-electron chi connectivity index (χ0n) is 8.42. The number of ketones is 1. The minimum Gasteiger partial charge on any atom is -0.287 e. The Morgan fingerprint density at radius 1 is 0.938 bits per heavy atom. The Bertz CT molecular complexity index is 588. The molecule has 0 fully saturated rings. The third-order valence-corrected chi connectivity index (χ3v) is 2.50. The number of para-hydroxylation sites is 1. The molecule has 1 aromatic heterocycles. The number of fused-ring (bicyclic) bond motifs is 1. The molecule has 1 aliphatic rings. The fourth-order valence-corrected chi connectivity index (χ4v) is 1.74. The zero-order valence-corrected chi connectivity index (χ0v) is 8.42. The van der Waals surface area contributed by atoms with E-state index >= 15 is 0 Å². The van der Waals surface area contributed by atoms with Crippen LogP contribution < -0.4 is 0 Å². The molecule has 0 saturated heterocycles. The second-order valence-corrected chi connectivity index (χ2v) is 3.52. The van der Waals surface area contributed by atoms with Crippen molar-refractivity contribution in [2.24, 2.45) is 4.99 Å².